The molecule has 2 heterocycles. The Labute approximate surface area is 246 Å². The average Bonchev–Trinajstić information content (AvgIpc) is 3.41. The highest BCUT2D eigenvalue weighted by molar-refractivity contribution is 7.12. The Morgan fingerprint density at radius 3 is 2.37 bits per heavy atom. The second-order valence-electron chi connectivity index (χ2n) is 9.22. The van der Waals surface area contributed by atoms with E-state index in [1.165, 1.54) is 11.3 Å². The van der Waals surface area contributed by atoms with Crippen molar-refractivity contribution in [2.75, 3.05) is 31.5 Å². The van der Waals surface area contributed by atoms with Crippen LogP contribution in [0.25, 0.3) is 0 Å². The van der Waals surface area contributed by atoms with E-state index in [0.29, 0.717) is 32.3 Å². The zero-order chi connectivity index (χ0) is 27.1. The van der Waals surface area contributed by atoms with Gasteiger partial charge in [-0.3, -0.25) is 4.79 Å². The van der Waals surface area contributed by atoms with Crippen molar-refractivity contribution < 1.29 is 9.59 Å². The number of halogens is 4. The van der Waals surface area contributed by atoms with Crippen molar-refractivity contribution in [3.63, 3.8) is 0 Å². The summed E-state index contributed by atoms with van der Waals surface area (Å²) in [4.78, 5) is 28.1. The number of hydrogen-bond acceptors (Lipinski definition) is 4. The molecule has 1 aromatic heterocycles. The zero-order valence-electron chi connectivity index (χ0n) is 20.5. The van der Waals surface area contributed by atoms with E-state index in [1.807, 2.05) is 29.6 Å². The number of thiophene rings is 1. The molecule has 1 saturated heterocycles. The SMILES string of the molecule is O=C(NCC(CCN1CCC(NC(=O)c2cccs2)CC1)c1ccc(Cl)c(Cl)c1)Nc1cc(Cl)cc(Cl)c1. The Balaban J connectivity index is 1.31. The molecule has 3 aromatic rings. The van der Waals surface area contributed by atoms with Gasteiger partial charge in [-0.15, -0.1) is 11.3 Å². The summed E-state index contributed by atoms with van der Waals surface area (Å²) in [5.41, 5.74) is 1.52. The number of benzene rings is 2. The smallest absolute Gasteiger partial charge is 0.319 e. The topological polar surface area (TPSA) is 73.5 Å². The normalized spacial score (nSPS) is 15.2. The molecule has 1 atom stereocenters. The summed E-state index contributed by atoms with van der Waals surface area (Å²) in [6, 6.07) is 14.0. The van der Waals surface area contributed by atoms with Crippen LogP contribution in [0.2, 0.25) is 20.1 Å². The van der Waals surface area contributed by atoms with Crippen molar-refractivity contribution in [2.24, 2.45) is 0 Å². The number of amides is 3. The summed E-state index contributed by atoms with van der Waals surface area (Å²) >= 11 is 26.0. The molecule has 3 N–H and O–H groups in total. The van der Waals surface area contributed by atoms with Crippen LogP contribution in [0.4, 0.5) is 10.5 Å². The molecule has 0 saturated carbocycles. The van der Waals surface area contributed by atoms with Crippen LogP contribution < -0.4 is 16.0 Å². The first-order valence-electron chi connectivity index (χ1n) is 12.3. The van der Waals surface area contributed by atoms with E-state index in [2.05, 4.69) is 20.9 Å². The number of carbonyl (C=O) groups is 2. The first kappa shape index (κ1) is 29.0. The zero-order valence-corrected chi connectivity index (χ0v) is 24.3. The van der Waals surface area contributed by atoms with Gasteiger partial charge in [0.05, 0.1) is 14.9 Å². The highest BCUT2D eigenvalue weighted by Gasteiger charge is 2.23. The molecule has 0 aliphatic carbocycles. The number of hydrogen-bond donors (Lipinski definition) is 3. The van der Waals surface area contributed by atoms with Crippen LogP contribution in [0.1, 0.15) is 40.4 Å². The summed E-state index contributed by atoms with van der Waals surface area (Å²) < 4.78 is 0. The molecule has 1 aliphatic rings. The van der Waals surface area contributed by atoms with E-state index < -0.39 is 0 Å². The quantitative estimate of drug-likeness (QED) is 0.233. The van der Waals surface area contributed by atoms with Gasteiger partial charge in [-0.2, -0.15) is 0 Å². The Hall–Kier alpha value is -2.00. The van der Waals surface area contributed by atoms with Crippen LogP contribution in [-0.4, -0.2) is 49.1 Å². The largest absolute Gasteiger partial charge is 0.349 e. The van der Waals surface area contributed by atoms with Gasteiger partial charge in [0, 0.05) is 47.3 Å². The van der Waals surface area contributed by atoms with Crippen LogP contribution in [0.15, 0.2) is 53.9 Å². The van der Waals surface area contributed by atoms with Crippen LogP contribution in [0.3, 0.4) is 0 Å². The van der Waals surface area contributed by atoms with Crippen LogP contribution in [0, 0.1) is 0 Å². The molecule has 0 radical (unpaired) electrons. The van der Waals surface area contributed by atoms with Gasteiger partial charge in [0.2, 0.25) is 0 Å². The molecule has 1 aliphatic heterocycles. The fourth-order valence-corrected chi connectivity index (χ4v) is 5.93. The van der Waals surface area contributed by atoms with Gasteiger partial charge in [-0.1, -0.05) is 58.5 Å². The molecule has 1 fully saturated rings. The molecular formula is C27H28Cl4N4O2S. The molecule has 2 aromatic carbocycles. The number of piperidine rings is 1. The summed E-state index contributed by atoms with van der Waals surface area (Å²) in [6.07, 6.45) is 2.61. The molecule has 3 amide bonds. The molecule has 0 bridgehead atoms. The first-order chi connectivity index (χ1) is 18.3. The maximum Gasteiger partial charge on any atom is 0.319 e. The lowest BCUT2D eigenvalue weighted by Gasteiger charge is -2.33. The standard InChI is InChI=1S/C27H28Cl4N4O2S/c28-19-13-20(29)15-22(14-19)34-27(37)32-16-18(17-3-4-23(30)24(31)12-17)5-8-35-9-6-21(7-10-35)33-26(36)25-2-1-11-38-25/h1-4,11-15,18,21H,5-10,16H2,(H,33,36)(H2,32,34,37). The fourth-order valence-electron chi connectivity index (χ4n) is 4.47. The molecule has 0 spiro atoms. The Bertz CT molecular complexity index is 1230. The van der Waals surface area contributed by atoms with Gasteiger partial charge in [-0.25, -0.2) is 4.79 Å². The minimum atomic E-state index is -0.351. The summed E-state index contributed by atoms with van der Waals surface area (Å²) in [7, 11) is 0. The lowest BCUT2D eigenvalue weighted by Crippen LogP contribution is -2.45. The molecule has 1 unspecified atom stereocenters. The van der Waals surface area contributed by atoms with Crippen molar-refractivity contribution in [1.29, 1.82) is 0 Å². The Kier molecular flexibility index (Phi) is 10.6. The monoisotopic (exact) mass is 612 g/mol. The minimum absolute atomic E-state index is 0.00234. The molecular weight excluding hydrogens is 586 g/mol. The van der Waals surface area contributed by atoms with Gasteiger partial charge in [0.25, 0.3) is 5.91 Å². The second kappa shape index (κ2) is 13.9. The molecule has 11 heteroatoms. The molecule has 4 rings (SSSR count). The molecule has 202 valence electrons. The fraction of sp³-hybridized carbons (Fsp3) is 0.333. The number of nitrogens with zero attached hydrogens (tertiary/aromatic N) is 1. The summed E-state index contributed by atoms with van der Waals surface area (Å²) in [5, 5.41) is 12.6. The van der Waals surface area contributed by atoms with E-state index in [-0.39, 0.29) is 23.9 Å². The Morgan fingerprint density at radius 1 is 0.974 bits per heavy atom. The Morgan fingerprint density at radius 2 is 1.71 bits per heavy atom. The van der Waals surface area contributed by atoms with Crippen LogP contribution in [0.5, 0.6) is 0 Å². The van der Waals surface area contributed by atoms with E-state index in [4.69, 9.17) is 46.4 Å². The van der Waals surface area contributed by atoms with E-state index in [9.17, 15) is 9.59 Å². The van der Waals surface area contributed by atoms with Gasteiger partial charge in [-0.05, 0) is 73.1 Å². The first-order valence-corrected chi connectivity index (χ1v) is 14.7. The maximum absolute atomic E-state index is 12.6. The molecule has 38 heavy (non-hydrogen) atoms. The predicted octanol–water partition coefficient (Wildman–Crippen LogP) is 7.55. The van der Waals surface area contributed by atoms with Gasteiger partial charge in [0.1, 0.15) is 0 Å². The van der Waals surface area contributed by atoms with Crippen LogP contribution >= 0.6 is 57.7 Å². The average molecular weight is 614 g/mol. The van der Waals surface area contributed by atoms with Crippen LogP contribution in [-0.2, 0) is 0 Å². The maximum atomic E-state index is 12.6. The lowest BCUT2D eigenvalue weighted by molar-refractivity contribution is 0.0914. The number of carbonyl (C=O) groups excluding carboxylic acids is 2. The van der Waals surface area contributed by atoms with Gasteiger partial charge in [0.15, 0.2) is 0 Å². The number of likely N-dealkylation sites (tertiary alicyclic amines) is 1. The third-order valence-electron chi connectivity index (χ3n) is 6.51. The van der Waals surface area contributed by atoms with Gasteiger partial charge >= 0.3 is 6.03 Å². The second-order valence-corrected chi connectivity index (χ2v) is 11.9. The van der Waals surface area contributed by atoms with Crippen molar-refractivity contribution in [3.05, 3.63) is 84.4 Å². The lowest BCUT2D eigenvalue weighted by atomic mass is 9.94. The number of nitrogens with one attached hydrogen (secondary N) is 3. The van der Waals surface area contributed by atoms with E-state index >= 15 is 0 Å². The molecule has 6 nitrogen and oxygen atoms in total. The number of anilines is 1. The highest BCUT2D eigenvalue weighted by Crippen LogP contribution is 2.29. The summed E-state index contributed by atoms with van der Waals surface area (Å²) in [6.45, 7) is 3.05. The van der Waals surface area contributed by atoms with Gasteiger partial charge < -0.3 is 20.9 Å². The van der Waals surface area contributed by atoms with E-state index in [0.717, 1.165) is 49.3 Å². The highest BCUT2D eigenvalue weighted by atomic mass is 35.5. The number of urea groups is 1. The predicted molar refractivity (Wildman–Crippen MR) is 159 cm³/mol. The minimum Gasteiger partial charge on any atom is -0.349 e. The van der Waals surface area contributed by atoms with E-state index in [1.54, 1.807) is 24.3 Å². The third-order valence-corrected chi connectivity index (χ3v) is 8.55. The summed E-state index contributed by atoms with van der Waals surface area (Å²) in [5.74, 6) is 0.0252. The van der Waals surface area contributed by atoms with Crippen molar-refractivity contribution in [3.8, 4) is 0 Å². The number of rotatable bonds is 9. The van der Waals surface area contributed by atoms with Crippen molar-refractivity contribution >= 4 is 75.4 Å². The van der Waals surface area contributed by atoms with Crippen molar-refractivity contribution in [2.45, 2.75) is 31.2 Å². The van der Waals surface area contributed by atoms with Crippen molar-refractivity contribution in [1.82, 2.24) is 15.5 Å². The third kappa shape index (κ3) is 8.50.